The molecule has 7 heteroatoms. The Balaban J connectivity index is 1.58. The molecule has 0 radical (unpaired) electrons. The number of esters is 1. The van der Waals surface area contributed by atoms with Crippen LogP contribution in [-0.4, -0.2) is 22.5 Å². The van der Waals surface area contributed by atoms with E-state index in [1.165, 1.54) is 0 Å². The molecule has 0 aliphatic rings. The van der Waals surface area contributed by atoms with Crippen LogP contribution in [0.4, 0.5) is 0 Å². The standard InChI is InChI=1S/C23H19BrN2O2S2/c1-2-10-28-23(27)17-5-3-4-15(11-17)12-29-21-20-19(13-30-22(20)26-14-25-21)16-6-8-18(24)9-7-16/h3-9,11,13-14H,2,10,12H2,1H3. The molecular formula is C23H19BrN2O2S2. The first-order valence-electron chi connectivity index (χ1n) is 9.52. The molecule has 30 heavy (non-hydrogen) atoms. The normalized spacial score (nSPS) is 11.0. The zero-order valence-corrected chi connectivity index (χ0v) is 19.5. The van der Waals surface area contributed by atoms with Crippen molar-refractivity contribution in [3.8, 4) is 11.1 Å². The first-order chi connectivity index (χ1) is 14.7. The Morgan fingerprint density at radius 3 is 2.80 bits per heavy atom. The lowest BCUT2D eigenvalue weighted by Gasteiger charge is -2.07. The number of carbonyl (C=O) groups is 1. The van der Waals surface area contributed by atoms with Gasteiger partial charge in [0.15, 0.2) is 0 Å². The molecule has 0 aliphatic heterocycles. The third kappa shape index (κ3) is 4.74. The number of fused-ring (bicyclic) bond motifs is 1. The van der Waals surface area contributed by atoms with Crippen LogP contribution in [0.3, 0.4) is 0 Å². The number of thiophene rings is 1. The van der Waals surface area contributed by atoms with Gasteiger partial charge in [0.1, 0.15) is 16.2 Å². The Kier molecular flexibility index (Phi) is 6.82. The number of thioether (sulfide) groups is 1. The molecule has 0 N–H and O–H groups in total. The highest BCUT2D eigenvalue weighted by Gasteiger charge is 2.14. The van der Waals surface area contributed by atoms with Gasteiger partial charge < -0.3 is 4.74 Å². The summed E-state index contributed by atoms with van der Waals surface area (Å²) in [6, 6.07) is 15.9. The van der Waals surface area contributed by atoms with E-state index >= 15 is 0 Å². The van der Waals surface area contributed by atoms with Gasteiger partial charge in [-0.25, -0.2) is 14.8 Å². The van der Waals surface area contributed by atoms with Crippen LogP contribution in [0.5, 0.6) is 0 Å². The molecule has 4 aromatic rings. The van der Waals surface area contributed by atoms with Crippen LogP contribution in [0.2, 0.25) is 0 Å². The summed E-state index contributed by atoms with van der Waals surface area (Å²) in [6.07, 6.45) is 2.43. The molecule has 0 fully saturated rings. The number of hydrogen-bond acceptors (Lipinski definition) is 6. The molecule has 0 amide bonds. The molecule has 2 heterocycles. The van der Waals surface area contributed by atoms with Crippen molar-refractivity contribution < 1.29 is 9.53 Å². The third-order valence-corrected chi connectivity index (χ3v) is 6.94. The van der Waals surface area contributed by atoms with Crippen LogP contribution in [0.25, 0.3) is 21.3 Å². The van der Waals surface area contributed by atoms with Gasteiger partial charge in [0.25, 0.3) is 0 Å². The average Bonchev–Trinajstić information content (AvgIpc) is 3.21. The van der Waals surface area contributed by atoms with Gasteiger partial charge in [-0.3, -0.25) is 0 Å². The van der Waals surface area contributed by atoms with E-state index in [0.717, 1.165) is 42.8 Å². The van der Waals surface area contributed by atoms with E-state index in [9.17, 15) is 4.79 Å². The van der Waals surface area contributed by atoms with Gasteiger partial charge in [-0.15, -0.1) is 23.1 Å². The van der Waals surface area contributed by atoms with Crippen LogP contribution in [0, 0.1) is 0 Å². The fraction of sp³-hybridized carbons (Fsp3) is 0.174. The molecule has 4 rings (SSSR count). The quantitative estimate of drug-likeness (QED) is 0.156. The maximum absolute atomic E-state index is 12.1. The van der Waals surface area contributed by atoms with E-state index in [1.54, 1.807) is 35.5 Å². The van der Waals surface area contributed by atoms with Gasteiger partial charge in [-0.1, -0.05) is 47.1 Å². The summed E-state index contributed by atoms with van der Waals surface area (Å²) in [4.78, 5) is 22.1. The van der Waals surface area contributed by atoms with E-state index in [2.05, 4.69) is 43.4 Å². The van der Waals surface area contributed by atoms with Crippen LogP contribution < -0.4 is 0 Å². The van der Waals surface area contributed by atoms with E-state index in [0.29, 0.717) is 17.9 Å². The fourth-order valence-corrected chi connectivity index (χ4v) is 5.22. The largest absolute Gasteiger partial charge is 0.462 e. The minimum atomic E-state index is -0.275. The number of halogens is 1. The van der Waals surface area contributed by atoms with Crippen molar-refractivity contribution in [1.82, 2.24) is 9.97 Å². The molecule has 0 aliphatic carbocycles. The second-order valence-corrected chi connectivity index (χ2v) is 9.38. The Bertz CT molecular complexity index is 1180. The Morgan fingerprint density at radius 1 is 1.17 bits per heavy atom. The number of nitrogens with zero attached hydrogens (tertiary/aromatic N) is 2. The molecule has 0 atom stereocenters. The summed E-state index contributed by atoms with van der Waals surface area (Å²) < 4.78 is 6.30. The van der Waals surface area contributed by atoms with E-state index in [-0.39, 0.29) is 5.97 Å². The van der Waals surface area contributed by atoms with Crippen molar-refractivity contribution >= 4 is 55.2 Å². The van der Waals surface area contributed by atoms with Gasteiger partial charge in [-0.05, 0) is 41.8 Å². The van der Waals surface area contributed by atoms with Crippen LogP contribution in [0.15, 0.2) is 69.7 Å². The minimum Gasteiger partial charge on any atom is -0.462 e. The Labute approximate surface area is 191 Å². The number of aromatic nitrogens is 2. The van der Waals surface area contributed by atoms with Gasteiger partial charge in [-0.2, -0.15) is 0 Å². The average molecular weight is 499 g/mol. The van der Waals surface area contributed by atoms with Crippen molar-refractivity contribution in [2.45, 2.75) is 24.1 Å². The third-order valence-electron chi connectivity index (χ3n) is 4.47. The number of carbonyl (C=O) groups excluding carboxylic acids is 1. The second-order valence-electron chi connectivity index (χ2n) is 6.64. The molecule has 0 unspecified atom stereocenters. The molecular weight excluding hydrogens is 480 g/mol. The predicted octanol–water partition coefficient (Wildman–Crippen LogP) is 6.98. The molecule has 152 valence electrons. The maximum atomic E-state index is 12.1. The maximum Gasteiger partial charge on any atom is 0.338 e. The van der Waals surface area contributed by atoms with Crippen molar-refractivity contribution in [1.29, 1.82) is 0 Å². The topological polar surface area (TPSA) is 52.1 Å². The van der Waals surface area contributed by atoms with Crippen molar-refractivity contribution in [3.63, 3.8) is 0 Å². The number of hydrogen-bond donors (Lipinski definition) is 0. The van der Waals surface area contributed by atoms with Crippen molar-refractivity contribution in [2.75, 3.05) is 6.61 Å². The van der Waals surface area contributed by atoms with Crippen LogP contribution >= 0.6 is 39.0 Å². The summed E-state index contributed by atoms with van der Waals surface area (Å²) in [5.74, 6) is 0.430. The highest BCUT2D eigenvalue weighted by atomic mass is 79.9. The minimum absolute atomic E-state index is 0.275. The number of ether oxygens (including phenoxy) is 1. The number of rotatable bonds is 7. The van der Waals surface area contributed by atoms with Crippen LogP contribution in [0.1, 0.15) is 29.3 Å². The molecule has 2 aromatic heterocycles. The lowest BCUT2D eigenvalue weighted by atomic mass is 10.1. The SMILES string of the molecule is CCCOC(=O)c1cccc(CSc2ncnc3scc(-c4ccc(Br)cc4)c23)c1. The monoisotopic (exact) mass is 498 g/mol. The van der Waals surface area contributed by atoms with Crippen LogP contribution in [-0.2, 0) is 10.5 Å². The summed E-state index contributed by atoms with van der Waals surface area (Å²) in [5, 5.41) is 4.16. The van der Waals surface area contributed by atoms with E-state index in [1.807, 2.05) is 37.3 Å². The smallest absolute Gasteiger partial charge is 0.338 e. The van der Waals surface area contributed by atoms with Crippen molar-refractivity contribution in [2.24, 2.45) is 0 Å². The first-order valence-corrected chi connectivity index (χ1v) is 12.2. The molecule has 0 saturated carbocycles. The molecule has 0 saturated heterocycles. The summed E-state index contributed by atoms with van der Waals surface area (Å²) >= 11 is 6.77. The highest BCUT2D eigenvalue weighted by Crippen LogP contribution is 2.39. The van der Waals surface area contributed by atoms with Gasteiger partial charge in [0.05, 0.1) is 17.6 Å². The molecule has 0 spiro atoms. The number of benzene rings is 2. The zero-order valence-electron chi connectivity index (χ0n) is 16.3. The summed E-state index contributed by atoms with van der Waals surface area (Å²) in [5.41, 5.74) is 3.92. The lowest BCUT2D eigenvalue weighted by molar-refractivity contribution is 0.0505. The van der Waals surface area contributed by atoms with E-state index in [4.69, 9.17) is 4.74 Å². The first kappa shape index (κ1) is 21.0. The fourth-order valence-electron chi connectivity index (χ4n) is 3.02. The van der Waals surface area contributed by atoms with Gasteiger partial charge >= 0.3 is 5.97 Å². The second kappa shape index (κ2) is 9.73. The molecule has 4 nitrogen and oxygen atoms in total. The summed E-state index contributed by atoms with van der Waals surface area (Å²) in [6.45, 7) is 2.42. The predicted molar refractivity (Wildman–Crippen MR) is 127 cm³/mol. The molecule has 0 bridgehead atoms. The van der Waals surface area contributed by atoms with E-state index < -0.39 is 0 Å². The van der Waals surface area contributed by atoms with Gasteiger partial charge in [0, 0.05) is 21.2 Å². The van der Waals surface area contributed by atoms with Gasteiger partial charge in [0.2, 0.25) is 0 Å². The molecule has 2 aromatic carbocycles. The highest BCUT2D eigenvalue weighted by molar-refractivity contribution is 9.10. The lowest BCUT2D eigenvalue weighted by Crippen LogP contribution is -2.06. The summed E-state index contributed by atoms with van der Waals surface area (Å²) in [7, 11) is 0. The zero-order chi connectivity index (χ0) is 20.9. The Morgan fingerprint density at radius 2 is 2.00 bits per heavy atom. The Hall–Kier alpha value is -2.22. The van der Waals surface area contributed by atoms with Crippen molar-refractivity contribution in [3.05, 3.63) is 75.8 Å².